The van der Waals surface area contributed by atoms with E-state index < -0.39 is 11.9 Å². The molecule has 1 unspecified atom stereocenters. The van der Waals surface area contributed by atoms with Crippen LogP contribution in [0.1, 0.15) is 18.0 Å². The SMILES string of the molecule is CN(CCCOc1cccc2ccccc12)C(C(N)=O)c1cccc(F)c1. The van der Waals surface area contributed by atoms with Gasteiger partial charge in [0, 0.05) is 11.9 Å². The van der Waals surface area contributed by atoms with Crippen LogP contribution in [0.3, 0.4) is 0 Å². The summed E-state index contributed by atoms with van der Waals surface area (Å²) in [4.78, 5) is 13.7. The van der Waals surface area contributed by atoms with Gasteiger partial charge in [0.1, 0.15) is 17.6 Å². The zero-order valence-corrected chi connectivity index (χ0v) is 15.3. The predicted molar refractivity (Wildman–Crippen MR) is 105 cm³/mol. The molecule has 0 fully saturated rings. The zero-order chi connectivity index (χ0) is 19.2. The van der Waals surface area contributed by atoms with E-state index in [1.807, 2.05) is 47.4 Å². The van der Waals surface area contributed by atoms with Gasteiger partial charge in [0.2, 0.25) is 5.91 Å². The number of primary amides is 1. The number of nitrogens with zero attached hydrogens (tertiary/aromatic N) is 1. The van der Waals surface area contributed by atoms with E-state index in [4.69, 9.17) is 10.5 Å². The molecule has 0 heterocycles. The molecule has 5 heteroatoms. The molecule has 0 saturated heterocycles. The summed E-state index contributed by atoms with van der Waals surface area (Å²) in [6.07, 6.45) is 0.707. The van der Waals surface area contributed by atoms with Crippen LogP contribution < -0.4 is 10.5 Å². The minimum atomic E-state index is -0.668. The first-order valence-electron chi connectivity index (χ1n) is 8.92. The van der Waals surface area contributed by atoms with Gasteiger partial charge in [0.05, 0.1) is 6.61 Å². The first kappa shape index (κ1) is 18.9. The van der Waals surface area contributed by atoms with E-state index in [2.05, 4.69) is 0 Å². The molecule has 2 N–H and O–H groups in total. The molecule has 0 spiro atoms. The molecule has 1 amide bonds. The summed E-state index contributed by atoms with van der Waals surface area (Å²) in [5.41, 5.74) is 6.10. The molecular weight excluding hydrogens is 343 g/mol. The van der Waals surface area contributed by atoms with Gasteiger partial charge >= 0.3 is 0 Å². The molecule has 0 saturated carbocycles. The number of halogens is 1. The summed E-state index contributed by atoms with van der Waals surface area (Å²) in [6.45, 7) is 1.10. The van der Waals surface area contributed by atoms with Crippen LogP contribution >= 0.6 is 0 Å². The molecule has 0 radical (unpaired) electrons. The maximum Gasteiger partial charge on any atom is 0.239 e. The zero-order valence-electron chi connectivity index (χ0n) is 15.3. The van der Waals surface area contributed by atoms with Crippen LogP contribution in [0.25, 0.3) is 10.8 Å². The number of likely N-dealkylation sites (N-methyl/N-ethyl adjacent to an activating group) is 1. The van der Waals surface area contributed by atoms with Crippen LogP contribution in [0, 0.1) is 5.82 Å². The van der Waals surface area contributed by atoms with Crippen LogP contribution in [-0.2, 0) is 4.79 Å². The van der Waals surface area contributed by atoms with Crippen molar-refractivity contribution in [1.82, 2.24) is 4.90 Å². The average Bonchev–Trinajstić information content (AvgIpc) is 2.65. The molecule has 0 bridgehead atoms. The fourth-order valence-electron chi connectivity index (χ4n) is 3.26. The highest BCUT2D eigenvalue weighted by Crippen LogP contribution is 2.25. The Labute approximate surface area is 158 Å². The first-order valence-corrected chi connectivity index (χ1v) is 8.92. The van der Waals surface area contributed by atoms with E-state index in [9.17, 15) is 9.18 Å². The summed E-state index contributed by atoms with van der Waals surface area (Å²) >= 11 is 0. The molecule has 4 nitrogen and oxygen atoms in total. The fourth-order valence-corrected chi connectivity index (χ4v) is 3.26. The standard InChI is InChI=1S/C22H23FN2O2/c1-25(21(22(24)26)17-9-4-10-18(23)15-17)13-6-14-27-20-12-5-8-16-7-2-3-11-19(16)20/h2-5,7-12,15,21H,6,13-14H2,1H3,(H2,24,26). The van der Waals surface area contributed by atoms with Gasteiger partial charge in [0.25, 0.3) is 0 Å². The van der Waals surface area contributed by atoms with Gasteiger partial charge in [0.15, 0.2) is 0 Å². The summed E-state index contributed by atoms with van der Waals surface area (Å²) in [5.74, 6) is -0.0446. The quantitative estimate of drug-likeness (QED) is 0.615. The van der Waals surface area contributed by atoms with Crippen molar-refractivity contribution in [2.24, 2.45) is 5.73 Å². The number of carbonyl (C=O) groups is 1. The smallest absolute Gasteiger partial charge is 0.239 e. The molecule has 0 aliphatic carbocycles. The molecule has 27 heavy (non-hydrogen) atoms. The van der Waals surface area contributed by atoms with Crippen molar-refractivity contribution in [3.05, 3.63) is 78.1 Å². The number of fused-ring (bicyclic) bond motifs is 1. The van der Waals surface area contributed by atoms with Crippen LogP contribution in [0.4, 0.5) is 4.39 Å². The molecule has 3 aromatic carbocycles. The van der Waals surface area contributed by atoms with E-state index in [0.29, 0.717) is 25.1 Å². The predicted octanol–water partition coefficient (Wildman–Crippen LogP) is 3.91. The van der Waals surface area contributed by atoms with E-state index in [0.717, 1.165) is 16.5 Å². The highest BCUT2D eigenvalue weighted by Gasteiger charge is 2.22. The number of amides is 1. The number of hydrogen-bond acceptors (Lipinski definition) is 3. The molecule has 3 aromatic rings. The molecule has 0 aliphatic heterocycles. The van der Waals surface area contributed by atoms with Gasteiger partial charge in [-0.2, -0.15) is 0 Å². The summed E-state index contributed by atoms with van der Waals surface area (Å²) < 4.78 is 19.4. The number of rotatable bonds is 8. The second-order valence-electron chi connectivity index (χ2n) is 6.52. The molecular formula is C22H23FN2O2. The first-order chi connectivity index (χ1) is 13.1. The average molecular weight is 366 g/mol. The van der Waals surface area contributed by atoms with Crippen molar-refractivity contribution >= 4 is 16.7 Å². The Balaban J connectivity index is 1.59. The van der Waals surface area contributed by atoms with E-state index in [1.54, 1.807) is 19.2 Å². The number of ether oxygens (including phenoxy) is 1. The van der Waals surface area contributed by atoms with Crippen molar-refractivity contribution in [2.75, 3.05) is 20.2 Å². The Morgan fingerprint density at radius 2 is 1.85 bits per heavy atom. The second-order valence-corrected chi connectivity index (χ2v) is 6.52. The number of nitrogens with two attached hydrogens (primary N) is 1. The van der Waals surface area contributed by atoms with Crippen molar-refractivity contribution in [2.45, 2.75) is 12.5 Å². The van der Waals surface area contributed by atoms with Crippen molar-refractivity contribution in [1.29, 1.82) is 0 Å². The van der Waals surface area contributed by atoms with Gasteiger partial charge in [-0.15, -0.1) is 0 Å². The van der Waals surface area contributed by atoms with Gasteiger partial charge in [-0.1, -0.05) is 48.5 Å². The normalized spacial score (nSPS) is 12.3. The minimum absolute atomic E-state index is 0.383. The maximum atomic E-state index is 13.5. The monoisotopic (exact) mass is 366 g/mol. The number of carbonyl (C=O) groups excluding carboxylic acids is 1. The van der Waals surface area contributed by atoms with Gasteiger partial charge in [-0.25, -0.2) is 4.39 Å². The van der Waals surface area contributed by atoms with Crippen LogP contribution in [0.2, 0.25) is 0 Å². The number of hydrogen-bond donors (Lipinski definition) is 1. The molecule has 3 rings (SSSR count). The van der Waals surface area contributed by atoms with Crippen LogP contribution in [0.5, 0.6) is 5.75 Å². The Kier molecular flexibility index (Phi) is 6.04. The maximum absolute atomic E-state index is 13.5. The molecule has 140 valence electrons. The van der Waals surface area contributed by atoms with Crippen molar-refractivity contribution in [3.63, 3.8) is 0 Å². The van der Waals surface area contributed by atoms with Crippen LogP contribution in [0.15, 0.2) is 66.7 Å². The highest BCUT2D eigenvalue weighted by molar-refractivity contribution is 5.88. The molecule has 1 atom stereocenters. The fraction of sp³-hybridized carbons (Fsp3) is 0.227. The Bertz CT molecular complexity index is 924. The van der Waals surface area contributed by atoms with Gasteiger partial charge in [-0.05, 0) is 42.6 Å². The van der Waals surface area contributed by atoms with Gasteiger partial charge < -0.3 is 10.5 Å². The van der Waals surface area contributed by atoms with E-state index >= 15 is 0 Å². The van der Waals surface area contributed by atoms with E-state index in [1.165, 1.54) is 12.1 Å². The lowest BCUT2D eigenvalue weighted by Crippen LogP contribution is -2.36. The summed E-state index contributed by atoms with van der Waals surface area (Å²) in [5, 5.41) is 2.20. The Morgan fingerprint density at radius 1 is 1.11 bits per heavy atom. The lowest BCUT2D eigenvalue weighted by molar-refractivity contribution is -0.123. The highest BCUT2D eigenvalue weighted by atomic mass is 19.1. The van der Waals surface area contributed by atoms with Crippen molar-refractivity contribution in [3.8, 4) is 5.75 Å². The van der Waals surface area contributed by atoms with E-state index in [-0.39, 0.29) is 5.82 Å². The lowest BCUT2D eigenvalue weighted by Gasteiger charge is -2.25. The van der Waals surface area contributed by atoms with Gasteiger partial charge in [-0.3, -0.25) is 9.69 Å². The third-order valence-electron chi connectivity index (χ3n) is 4.54. The third-order valence-corrected chi connectivity index (χ3v) is 4.54. The Morgan fingerprint density at radius 3 is 2.63 bits per heavy atom. The lowest BCUT2D eigenvalue weighted by atomic mass is 10.0. The topological polar surface area (TPSA) is 55.6 Å². The molecule has 0 aromatic heterocycles. The minimum Gasteiger partial charge on any atom is -0.493 e. The number of benzene rings is 3. The third kappa shape index (κ3) is 4.63. The Hall–Kier alpha value is -2.92. The summed E-state index contributed by atoms with van der Waals surface area (Å²) in [7, 11) is 1.80. The molecule has 0 aliphatic rings. The largest absolute Gasteiger partial charge is 0.493 e. The summed E-state index contributed by atoms with van der Waals surface area (Å²) in [6, 6.07) is 19.3. The van der Waals surface area contributed by atoms with Crippen molar-refractivity contribution < 1.29 is 13.9 Å². The second kappa shape index (κ2) is 8.64. The van der Waals surface area contributed by atoms with Crippen LogP contribution in [-0.4, -0.2) is 31.0 Å².